The minimum Gasteiger partial charge on any atom is -0.476 e. The maximum Gasteiger partial charge on any atom is 0.322 e. The SMILES string of the molecule is CCOc1ncccc1NC(=O)N1CCN(C)CC1. The van der Waals surface area contributed by atoms with Crippen molar-refractivity contribution in [2.24, 2.45) is 0 Å². The molecule has 104 valence electrons. The predicted octanol–water partition coefficient (Wildman–Crippen LogP) is 1.26. The number of urea groups is 1. The van der Waals surface area contributed by atoms with Crippen molar-refractivity contribution in [1.29, 1.82) is 0 Å². The van der Waals surface area contributed by atoms with E-state index in [1.807, 2.05) is 11.8 Å². The lowest BCUT2D eigenvalue weighted by Gasteiger charge is -2.32. The van der Waals surface area contributed by atoms with Crippen molar-refractivity contribution in [3.63, 3.8) is 0 Å². The summed E-state index contributed by atoms with van der Waals surface area (Å²) in [6, 6.07) is 3.48. The molecular weight excluding hydrogens is 244 g/mol. The number of anilines is 1. The quantitative estimate of drug-likeness (QED) is 0.893. The van der Waals surface area contributed by atoms with E-state index in [-0.39, 0.29) is 6.03 Å². The molecule has 0 atom stereocenters. The molecule has 2 heterocycles. The number of amides is 2. The van der Waals surface area contributed by atoms with Gasteiger partial charge in [0.25, 0.3) is 0 Å². The predicted molar refractivity (Wildman–Crippen MR) is 73.5 cm³/mol. The average molecular weight is 264 g/mol. The van der Waals surface area contributed by atoms with Crippen molar-refractivity contribution < 1.29 is 9.53 Å². The Morgan fingerprint density at radius 2 is 2.16 bits per heavy atom. The molecule has 1 fully saturated rings. The molecule has 1 aliphatic rings. The number of aromatic nitrogens is 1. The summed E-state index contributed by atoms with van der Waals surface area (Å²) in [6.07, 6.45) is 1.65. The van der Waals surface area contributed by atoms with Crippen LogP contribution in [0.3, 0.4) is 0 Å². The Hall–Kier alpha value is -1.82. The van der Waals surface area contributed by atoms with Crippen LogP contribution >= 0.6 is 0 Å². The van der Waals surface area contributed by atoms with Gasteiger partial charge in [-0.3, -0.25) is 0 Å². The zero-order valence-corrected chi connectivity index (χ0v) is 11.4. The summed E-state index contributed by atoms with van der Waals surface area (Å²) < 4.78 is 5.39. The second kappa shape index (κ2) is 6.38. The van der Waals surface area contributed by atoms with Crippen LogP contribution in [-0.4, -0.2) is 60.6 Å². The number of carbonyl (C=O) groups excluding carboxylic acids is 1. The van der Waals surface area contributed by atoms with Gasteiger partial charge in [-0.2, -0.15) is 0 Å². The van der Waals surface area contributed by atoms with Gasteiger partial charge in [-0.15, -0.1) is 0 Å². The van der Waals surface area contributed by atoms with Crippen molar-refractivity contribution in [1.82, 2.24) is 14.8 Å². The minimum atomic E-state index is -0.0953. The van der Waals surface area contributed by atoms with E-state index in [0.29, 0.717) is 18.2 Å². The van der Waals surface area contributed by atoms with Crippen LogP contribution in [0.1, 0.15) is 6.92 Å². The molecule has 0 aliphatic carbocycles. The zero-order chi connectivity index (χ0) is 13.7. The summed E-state index contributed by atoms with van der Waals surface area (Å²) in [4.78, 5) is 20.3. The highest BCUT2D eigenvalue weighted by Gasteiger charge is 2.20. The standard InChI is InChI=1S/C13H20N4O2/c1-3-19-12-11(5-4-6-14-12)15-13(18)17-9-7-16(2)8-10-17/h4-6H,3,7-10H2,1-2H3,(H,15,18). The van der Waals surface area contributed by atoms with Crippen molar-refractivity contribution in [2.75, 3.05) is 45.2 Å². The third kappa shape index (κ3) is 3.57. The van der Waals surface area contributed by atoms with E-state index in [2.05, 4.69) is 22.2 Å². The maximum atomic E-state index is 12.1. The van der Waals surface area contributed by atoms with Gasteiger partial charge in [0.15, 0.2) is 0 Å². The van der Waals surface area contributed by atoms with Crippen LogP contribution in [0.2, 0.25) is 0 Å². The maximum absolute atomic E-state index is 12.1. The fourth-order valence-corrected chi connectivity index (χ4v) is 1.94. The highest BCUT2D eigenvalue weighted by Crippen LogP contribution is 2.21. The second-order valence-electron chi connectivity index (χ2n) is 4.51. The second-order valence-corrected chi connectivity index (χ2v) is 4.51. The molecule has 1 aromatic rings. The molecule has 0 saturated carbocycles. The van der Waals surface area contributed by atoms with Gasteiger partial charge >= 0.3 is 6.03 Å². The third-order valence-electron chi connectivity index (χ3n) is 3.08. The van der Waals surface area contributed by atoms with Crippen LogP contribution in [0.25, 0.3) is 0 Å². The molecule has 6 nitrogen and oxygen atoms in total. The number of carbonyl (C=O) groups is 1. The van der Waals surface area contributed by atoms with E-state index in [0.717, 1.165) is 26.2 Å². The number of nitrogens with zero attached hydrogens (tertiary/aromatic N) is 3. The van der Waals surface area contributed by atoms with E-state index in [9.17, 15) is 4.79 Å². The number of hydrogen-bond acceptors (Lipinski definition) is 4. The smallest absolute Gasteiger partial charge is 0.322 e. The number of likely N-dealkylation sites (N-methyl/N-ethyl adjacent to an activating group) is 1. The van der Waals surface area contributed by atoms with E-state index in [1.165, 1.54) is 0 Å². The lowest BCUT2D eigenvalue weighted by Crippen LogP contribution is -2.48. The van der Waals surface area contributed by atoms with Crippen LogP contribution in [0.4, 0.5) is 10.5 Å². The van der Waals surface area contributed by atoms with Gasteiger partial charge in [-0.1, -0.05) is 0 Å². The van der Waals surface area contributed by atoms with Gasteiger partial charge < -0.3 is 19.9 Å². The van der Waals surface area contributed by atoms with Crippen molar-refractivity contribution in [3.05, 3.63) is 18.3 Å². The summed E-state index contributed by atoms with van der Waals surface area (Å²) in [6.45, 7) is 5.70. The van der Waals surface area contributed by atoms with Gasteiger partial charge in [0.1, 0.15) is 5.69 Å². The number of pyridine rings is 1. The summed E-state index contributed by atoms with van der Waals surface area (Å²) in [5, 5.41) is 2.86. The molecule has 0 spiro atoms. The Bertz CT molecular complexity index is 430. The normalized spacial score (nSPS) is 16.2. The highest BCUT2D eigenvalue weighted by molar-refractivity contribution is 5.90. The number of rotatable bonds is 3. The molecular formula is C13H20N4O2. The Morgan fingerprint density at radius 3 is 2.84 bits per heavy atom. The minimum absolute atomic E-state index is 0.0953. The van der Waals surface area contributed by atoms with Gasteiger partial charge in [-0.25, -0.2) is 9.78 Å². The number of hydrogen-bond donors (Lipinski definition) is 1. The largest absolute Gasteiger partial charge is 0.476 e. The molecule has 1 saturated heterocycles. The molecule has 0 radical (unpaired) electrons. The molecule has 19 heavy (non-hydrogen) atoms. The summed E-state index contributed by atoms with van der Waals surface area (Å²) >= 11 is 0. The van der Waals surface area contributed by atoms with Crippen LogP contribution in [0, 0.1) is 0 Å². The third-order valence-corrected chi connectivity index (χ3v) is 3.08. The molecule has 0 unspecified atom stereocenters. The van der Waals surface area contributed by atoms with E-state index < -0.39 is 0 Å². The molecule has 0 bridgehead atoms. The molecule has 2 rings (SSSR count). The Morgan fingerprint density at radius 1 is 1.42 bits per heavy atom. The first-order valence-electron chi connectivity index (χ1n) is 6.53. The van der Waals surface area contributed by atoms with Gasteiger partial charge in [0.2, 0.25) is 5.88 Å². The first-order chi connectivity index (χ1) is 9.20. The van der Waals surface area contributed by atoms with Crippen molar-refractivity contribution in [3.8, 4) is 5.88 Å². The Balaban J connectivity index is 1.98. The number of ether oxygens (including phenoxy) is 1. The average Bonchev–Trinajstić information content (AvgIpc) is 2.42. The molecule has 1 aliphatic heterocycles. The monoisotopic (exact) mass is 264 g/mol. The van der Waals surface area contributed by atoms with Crippen LogP contribution in [0.5, 0.6) is 5.88 Å². The van der Waals surface area contributed by atoms with Crippen molar-refractivity contribution >= 4 is 11.7 Å². The van der Waals surface area contributed by atoms with Crippen molar-refractivity contribution in [2.45, 2.75) is 6.92 Å². The first kappa shape index (κ1) is 13.6. The Kier molecular flexibility index (Phi) is 4.57. The van der Waals surface area contributed by atoms with Gasteiger partial charge in [0, 0.05) is 32.4 Å². The molecule has 0 aromatic carbocycles. The molecule has 1 aromatic heterocycles. The zero-order valence-electron chi connectivity index (χ0n) is 11.4. The number of piperazine rings is 1. The van der Waals surface area contributed by atoms with E-state index in [4.69, 9.17) is 4.74 Å². The van der Waals surface area contributed by atoms with Gasteiger partial charge in [0.05, 0.1) is 6.61 Å². The van der Waals surface area contributed by atoms with Crippen LogP contribution in [0.15, 0.2) is 18.3 Å². The topological polar surface area (TPSA) is 57.7 Å². The molecule has 1 N–H and O–H groups in total. The number of nitrogens with one attached hydrogen (secondary N) is 1. The molecule has 6 heteroatoms. The highest BCUT2D eigenvalue weighted by atomic mass is 16.5. The van der Waals surface area contributed by atoms with E-state index in [1.54, 1.807) is 18.3 Å². The summed E-state index contributed by atoms with van der Waals surface area (Å²) in [7, 11) is 2.06. The van der Waals surface area contributed by atoms with Crippen LogP contribution in [-0.2, 0) is 0 Å². The fourth-order valence-electron chi connectivity index (χ4n) is 1.94. The van der Waals surface area contributed by atoms with Crippen LogP contribution < -0.4 is 10.1 Å². The first-order valence-corrected chi connectivity index (χ1v) is 6.53. The lowest BCUT2D eigenvalue weighted by atomic mass is 10.3. The van der Waals surface area contributed by atoms with Gasteiger partial charge in [-0.05, 0) is 26.1 Å². The lowest BCUT2D eigenvalue weighted by molar-refractivity contribution is 0.164. The fraction of sp³-hybridized carbons (Fsp3) is 0.538. The van der Waals surface area contributed by atoms with E-state index >= 15 is 0 Å². The summed E-state index contributed by atoms with van der Waals surface area (Å²) in [5.41, 5.74) is 0.619. The Labute approximate surface area is 113 Å². The molecule has 2 amide bonds. The summed E-state index contributed by atoms with van der Waals surface area (Å²) in [5.74, 6) is 0.465.